The molecule has 3 atom stereocenters. The smallest absolute Gasteiger partial charge is 0.255 e. The minimum absolute atomic E-state index is 0.0874. The average molecular weight is 396 g/mol. The first kappa shape index (κ1) is 18.8. The maximum absolute atomic E-state index is 13.2. The Morgan fingerprint density at radius 2 is 2.07 bits per heavy atom. The van der Waals surface area contributed by atoms with Gasteiger partial charge in [0.1, 0.15) is 6.04 Å². The molecule has 4 aliphatic rings. The molecule has 3 aliphatic heterocycles. The lowest BCUT2D eigenvalue weighted by molar-refractivity contribution is -0.136. The molecule has 1 spiro atoms. The zero-order chi connectivity index (χ0) is 20.0. The van der Waals surface area contributed by atoms with Gasteiger partial charge in [-0.1, -0.05) is 24.6 Å². The zero-order valence-electron chi connectivity index (χ0n) is 16.6. The summed E-state index contributed by atoms with van der Waals surface area (Å²) in [6.45, 7) is 3.29. The molecule has 29 heavy (non-hydrogen) atoms. The number of nitrogens with one attached hydrogen (secondary N) is 3. The van der Waals surface area contributed by atoms with Crippen LogP contribution in [-0.4, -0.2) is 47.8 Å². The number of carbonyl (C=O) groups excluding carboxylic acids is 3. The summed E-state index contributed by atoms with van der Waals surface area (Å²) in [6.07, 6.45) is 5.62. The molecule has 1 aromatic rings. The van der Waals surface area contributed by atoms with E-state index in [9.17, 15) is 14.4 Å². The third kappa shape index (κ3) is 3.16. The number of fused-ring (bicyclic) bond motifs is 1. The van der Waals surface area contributed by atoms with Crippen LogP contribution >= 0.6 is 0 Å². The Hall–Kier alpha value is -2.25. The Morgan fingerprint density at radius 3 is 2.86 bits per heavy atom. The number of benzene rings is 1. The van der Waals surface area contributed by atoms with Crippen molar-refractivity contribution >= 4 is 17.7 Å². The average Bonchev–Trinajstić information content (AvgIpc) is 3.42. The molecule has 1 saturated carbocycles. The molecule has 5 rings (SSSR count). The highest BCUT2D eigenvalue weighted by Crippen LogP contribution is 2.43. The largest absolute Gasteiger partial charge is 0.322 e. The summed E-state index contributed by atoms with van der Waals surface area (Å²) in [5, 5.41) is 9.64. The Bertz CT molecular complexity index is 856. The number of amides is 3. The van der Waals surface area contributed by atoms with Crippen LogP contribution in [0, 0.1) is 5.41 Å². The Balaban J connectivity index is 1.32. The molecule has 0 bridgehead atoms. The van der Waals surface area contributed by atoms with Crippen LogP contribution < -0.4 is 16.0 Å². The summed E-state index contributed by atoms with van der Waals surface area (Å²) < 4.78 is 0. The Morgan fingerprint density at radius 1 is 1.17 bits per heavy atom. The minimum Gasteiger partial charge on any atom is -0.322 e. The first-order chi connectivity index (χ1) is 14.1. The van der Waals surface area contributed by atoms with Crippen molar-refractivity contribution in [1.82, 2.24) is 20.9 Å². The van der Waals surface area contributed by atoms with E-state index in [2.05, 4.69) is 16.0 Å². The van der Waals surface area contributed by atoms with Crippen molar-refractivity contribution in [2.75, 3.05) is 13.1 Å². The molecule has 154 valence electrons. The summed E-state index contributed by atoms with van der Waals surface area (Å²) in [5.41, 5.74) is 3.08. The molecule has 3 fully saturated rings. The second-order valence-electron chi connectivity index (χ2n) is 8.97. The first-order valence-electron chi connectivity index (χ1n) is 10.8. The van der Waals surface area contributed by atoms with Gasteiger partial charge in [-0.2, -0.15) is 0 Å². The van der Waals surface area contributed by atoms with E-state index >= 15 is 0 Å². The van der Waals surface area contributed by atoms with Gasteiger partial charge in [-0.3, -0.25) is 19.7 Å². The number of rotatable bonds is 4. The number of nitrogens with zero attached hydrogens (tertiary/aromatic N) is 1. The monoisotopic (exact) mass is 396 g/mol. The van der Waals surface area contributed by atoms with Gasteiger partial charge in [0.05, 0.1) is 0 Å². The van der Waals surface area contributed by atoms with E-state index in [1.807, 2.05) is 18.2 Å². The molecule has 7 heteroatoms. The van der Waals surface area contributed by atoms with Gasteiger partial charge in [0.2, 0.25) is 11.8 Å². The van der Waals surface area contributed by atoms with E-state index in [0.29, 0.717) is 31.0 Å². The van der Waals surface area contributed by atoms with Crippen LogP contribution in [-0.2, 0) is 22.7 Å². The highest BCUT2D eigenvalue weighted by atomic mass is 16.2. The van der Waals surface area contributed by atoms with Crippen molar-refractivity contribution in [3.63, 3.8) is 0 Å². The van der Waals surface area contributed by atoms with Crippen LogP contribution in [0.4, 0.5) is 0 Å². The van der Waals surface area contributed by atoms with E-state index in [1.54, 1.807) is 4.90 Å². The van der Waals surface area contributed by atoms with Crippen molar-refractivity contribution in [3.05, 3.63) is 34.9 Å². The summed E-state index contributed by atoms with van der Waals surface area (Å²) in [5.74, 6) is -0.702. The van der Waals surface area contributed by atoms with Crippen molar-refractivity contribution in [3.8, 4) is 0 Å². The summed E-state index contributed by atoms with van der Waals surface area (Å²) in [7, 11) is 0. The predicted molar refractivity (Wildman–Crippen MR) is 107 cm³/mol. The molecule has 3 amide bonds. The topological polar surface area (TPSA) is 90.5 Å². The molecule has 1 aliphatic carbocycles. The van der Waals surface area contributed by atoms with Gasteiger partial charge in [0.25, 0.3) is 5.91 Å². The van der Waals surface area contributed by atoms with Gasteiger partial charge in [0.15, 0.2) is 0 Å². The Labute approximate surface area is 170 Å². The van der Waals surface area contributed by atoms with Gasteiger partial charge in [-0.15, -0.1) is 0 Å². The van der Waals surface area contributed by atoms with Crippen LogP contribution in [0.1, 0.15) is 60.0 Å². The number of imide groups is 1. The minimum atomic E-state index is -0.559. The molecule has 3 N–H and O–H groups in total. The molecule has 1 aromatic carbocycles. The lowest BCUT2D eigenvalue weighted by Gasteiger charge is -2.31. The SMILES string of the molecule is O=C1CCC(N2Cc3cccc(CNC4CCCC45CCNC5)c3C2=O)C(=O)N1. The normalized spacial score (nSPS) is 31.6. The summed E-state index contributed by atoms with van der Waals surface area (Å²) >= 11 is 0. The van der Waals surface area contributed by atoms with Gasteiger partial charge in [-0.25, -0.2) is 0 Å². The van der Waals surface area contributed by atoms with Crippen molar-refractivity contribution in [2.45, 2.75) is 63.7 Å². The quantitative estimate of drug-likeness (QED) is 0.663. The lowest BCUT2D eigenvalue weighted by Crippen LogP contribution is -2.52. The van der Waals surface area contributed by atoms with E-state index < -0.39 is 6.04 Å². The molecule has 0 radical (unpaired) electrons. The second kappa shape index (κ2) is 7.22. The molecule has 7 nitrogen and oxygen atoms in total. The van der Waals surface area contributed by atoms with E-state index in [1.165, 1.54) is 25.7 Å². The number of carbonyl (C=O) groups is 3. The van der Waals surface area contributed by atoms with Crippen LogP contribution in [0.2, 0.25) is 0 Å². The fourth-order valence-electron chi connectivity index (χ4n) is 5.80. The predicted octanol–water partition coefficient (Wildman–Crippen LogP) is 1.07. The van der Waals surface area contributed by atoms with Gasteiger partial charge < -0.3 is 15.5 Å². The first-order valence-corrected chi connectivity index (χ1v) is 10.8. The number of hydrogen-bond donors (Lipinski definition) is 3. The molecule has 2 saturated heterocycles. The van der Waals surface area contributed by atoms with Gasteiger partial charge in [0, 0.05) is 37.7 Å². The molecule has 3 heterocycles. The molecule has 0 aromatic heterocycles. The van der Waals surface area contributed by atoms with E-state index in [-0.39, 0.29) is 24.1 Å². The fraction of sp³-hybridized carbons (Fsp3) is 0.591. The fourth-order valence-corrected chi connectivity index (χ4v) is 5.80. The van der Waals surface area contributed by atoms with E-state index in [4.69, 9.17) is 0 Å². The third-order valence-corrected chi connectivity index (χ3v) is 7.36. The van der Waals surface area contributed by atoms with Crippen molar-refractivity contribution < 1.29 is 14.4 Å². The maximum atomic E-state index is 13.2. The second-order valence-corrected chi connectivity index (χ2v) is 8.97. The van der Waals surface area contributed by atoms with Crippen molar-refractivity contribution in [2.24, 2.45) is 5.41 Å². The lowest BCUT2D eigenvalue weighted by atomic mass is 9.81. The van der Waals surface area contributed by atoms with Crippen LogP contribution in [0.3, 0.4) is 0 Å². The molecule has 3 unspecified atom stereocenters. The molecular weight excluding hydrogens is 368 g/mol. The highest BCUT2D eigenvalue weighted by molar-refractivity contribution is 6.05. The molecular formula is C22H28N4O3. The van der Waals surface area contributed by atoms with Gasteiger partial charge in [-0.05, 0) is 48.8 Å². The summed E-state index contributed by atoms with van der Waals surface area (Å²) in [4.78, 5) is 38.6. The third-order valence-electron chi connectivity index (χ3n) is 7.36. The van der Waals surface area contributed by atoms with E-state index in [0.717, 1.165) is 29.8 Å². The van der Waals surface area contributed by atoms with Crippen LogP contribution in [0.25, 0.3) is 0 Å². The van der Waals surface area contributed by atoms with Crippen LogP contribution in [0.5, 0.6) is 0 Å². The highest BCUT2D eigenvalue weighted by Gasteiger charge is 2.45. The number of hydrogen-bond acceptors (Lipinski definition) is 5. The number of piperidine rings is 1. The van der Waals surface area contributed by atoms with Gasteiger partial charge >= 0.3 is 0 Å². The van der Waals surface area contributed by atoms with Crippen molar-refractivity contribution in [1.29, 1.82) is 0 Å². The zero-order valence-corrected chi connectivity index (χ0v) is 16.6. The maximum Gasteiger partial charge on any atom is 0.255 e. The summed E-state index contributed by atoms with van der Waals surface area (Å²) in [6, 6.07) is 5.91. The Kier molecular flexibility index (Phi) is 4.67. The standard InChI is InChI=1S/C22H28N4O3/c27-18-7-6-16(20(28)25-18)26-12-15-4-1-3-14(19(15)21(26)29)11-24-17-5-2-8-22(17)9-10-23-13-22/h1,3-4,16-17,23-24H,2,5-13H2,(H,25,27,28). The van der Waals surface area contributed by atoms with Crippen LogP contribution in [0.15, 0.2) is 18.2 Å².